The van der Waals surface area contributed by atoms with E-state index in [2.05, 4.69) is 10.2 Å². The molecule has 5 heteroatoms. The van der Waals surface area contributed by atoms with E-state index < -0.39 is 5.97 Å². The number of amides is 1. The number of nitrogens with zero attached hydrogens (tertiary/aromatic N) is 1. The molecule has 0 aromatic heterocycles. The first kappa shape index (κ1) is 13.9. The van der Waals surface area contributed by atoms with Crippen LogP contribution in [-0.2, 0) is 9.59 Å². The fraction of sp³-hybridized carbons (Fsp3) is 0.867. The molecule has 0 aromatic rings. The molecule has 0 bridgehead atoms. The minimum atomic E-state index is -0.683. The molecule has 112 valence electrons. The van der Waals surface area contributed by atoms with Gasteiger partial charge in [0.2, 0.25) is 5.91 Å². The van der Waals surface area contributed by atoms with Gasteiger partial charge in [-0.15, -0.1) is 0 Å². The summed E-state index contributed by atoms with van der Waals surface area (Å²) < 4.78 is 0. The van der Waals surface area contributed by atoms with E-state index in [-0.39, 0.29) is 23.4 Å². The third kappa shape index (κ3) is 2.43. The molecule has 3 rings (SSSR count). The predicted octanol–water partition coefficient (Wildman–Crippen LogP) is 1.52. The standard InChI is InChI=1S/C15H24N2O3/c18-12-3-7-14(16-12)4-2-9-17(10-8-14)15(5-1-6-15)11-13(19)20/h1-11H2,(H,16,18)(H,19,20). The van der Waals surface area contributed by atoms with Crippen molar-refractivity contribution in [2.24, 2.45) is 0 Å². The Morgan fingerprint density at radius 3 is 2.50 bits per heavy atom. The largest absolute Gasteiger partial charge is 0.481 e. The molecule has 2 N–H and O–H groups in total. The van der Waals surface area contributed by atoms with Crippen molar-refractivity contribution in [3.8, 4) is 0 Å². The van der Waals surface area contributed by atoms with Crippen LogP contribution in [-0.4, -0.2) is 46.1 Å². The highest BCUT2D eigenvalue weighted by atomic mass is 16.4. The molecule has 0 radical (unpaired) electrons. The molecule has 5 nitrogen and oxygen atoms in total. The van der Waals surface area contributed by atoms with Gasteiger partial charge in [0.25, 0.3) is 0 Å². The number of likely N-dealkylation sites (tertiary alicyclic amines) is 1. The Labute approximate surface area is 119 Å². The zero-order chi connectivity index (χ0) is 14.2. The van der Waals surface area contributed by atoms with E-state index in [1.165, 1.54) is 0 Å². The molecular formula is C15H24N2O3. The maximum atomic E-state index is 11.5. The average Bonchev–Trinajstić information content (AvgIpc) is 2.58. The molecular weight excluding hydrogens is 256 g/mol. The molecule has 1 atom stereocenters. The number of carboxylic acids is 1. The van der Waals surface area contributed by atoms with Gasteiger partial charge in [0.05, 0.1) is 6.42 Å². The fourth-order valence-electron chi connectivity index (χ4n) is 4.29. The van der Waals surface area contributed by atoms with E-state index in [0.717, 1.165) is 58.0 Å². The van der Waals surface area contributed by atoms with Gasteiger partial charge < -0.3 is 10.4 Å². The number of carbonyl (C=O) groups is 2. The highest BCUT2D eigenvalue weighted by Gasteiger charge is 2.47. The Balaban J connectivity index is 1.67. The maximum Gasteiger partial charge on any atom is 0.305 e. The highest BCUT2D eigenvalue weighted by Crippen LogP contribution is 2.43. The van der Waals surface area contributed by atoms with Crippen LogP contribution >= 0.6 is 0 Å². The van der Waals surface area contributed by atoms with E-state index in [1.807, 2.05) is 0 Å². The number of aliphatic carboxylic acids is 1. The van der Waals surface area contributed by atoms with E-state index >= 15 is 0 Å². The summed E-state index contributed by atoms with van der Waals surface area (Å²) in [4.78, 5) is 25.1. The number of hydrogen-bond donors (Lipinski definition) is 2. The van der Waals surface area contributed by atoms with Gasteiger partial charge in [-0.3, -0.25) is 14.5 Å². The molecule has 1 saturated carbocycles. The quantitative estimate of drug-likeness (QED) is 0.822. The second-order valence-corrected chi connectivity index (χ2v) is 6.82. The molecule has 1 amide bonds. The molecule has 1 aliphatic carbocycles. The van der Waals surface area contributed by atoms with Crippen molar-refractivity contribution in [1.82, 2.24) is 10.2 Å². The van der Waals surface area contributed by atoms with E-state index in [9.17, 15) is 14.7 Å². The van der Waals surface area contributed by atoms with Crippen LogP contribution in [0.15, 0.2) is 0 Å². The summed E-state index contributed by atoms with van der Waals surface area (Å²) in [5.41, 5.74) is -0.0973. The predicted molar refractivity (Wildman–Crippen MR) is 74.4 cm³/mol. The molecule has 3 aliphatic rings. The Kier molecular flexibility index (Phi) is 3.48. The van der Waals surface area contributed by atoms with Crippen LogP contribution < -0.4 is 5.32 Å². The lowest BCUT2D eigenvalue weighted by molar-refractivity contribution is -0.142. The van der Waals surface area contributed by atoms with Crippen molar-refractivity contribution in [3.63, 3.8) is 0 Å². The number of rotatable bonds is 3. The Morgan fingerprint density at radius 1 is 1.15 bits per heavy atom. The van der Waals surface area contributed by atoms with Crippen LogP contribution in [0.4, 0.5) is 0 Å². The number of hydrogen-bond acceptors (Lipinski definition) is 3. The average molecular weight is 280 g/mol. The van der Waals surface area contributed by atoms with Crippen LogP contribution in [0.2, 0.25) is 0 Å². The minimum absolute atomic E-state index is 0.00000591. The van der Waals surface area contributed by atoms with Crippen molar-refractivity contribution < 1.29 is 14.7 Å². The first-order chi connectivity index (χ1) is 9.54. The van der Waals surface area contributed by atoms with Gasteiger partial charge in [-0.2, -0.15) is 0 Å². The minimum Gasteiger partial charge on any atom is -0.481 e. The number of carbonyl (C=O) groups excluding carboxylic acids is 1. The third-order valence-corrected chi connectivity index (χ3v) is 5.61. The first-order valence-corrected chi connectivity index (χ1v) is 7.82. The smallest absolute Gasteiger partial charge is 0.305 e. The maximum absolute atomic E-state index is 11.5. The lowest BCUT2D eigenvalue weighted by Gasteiger charge is -2.49. The number of carboxylic acid groups (broad SMARTS) is 1. The molecule has 20 heavy (non-hydrogen) atoms. The van der Waals surface area contributed by atoms with Gasteiger partial charge in [0, 0.05) is 24.0 Å². The van der Waals surface area contributed by atoms with E-state index in [1.54, 1.807) is 0 Å². The zero-order valence-corrected chi connectivity index (χ0v) is 12.0. The van der Waals surface area contributed by atoms with Gasteiger partial charge >= 0.3 is 5.97 Å². The SMILES string of the molecule is O=C(O)CC1(N2CCCC3(CCC(=O)N3)CC2)CCC1. The molecule has 0 aromatic carbocycles. The Morgan fingerprint density at radius 2 is 1.95 bits per heavy atom. The fourth-order valence-corrected chi connectivity index (χ4v) is 4.29. The van der Waals surface area contributed by atoms with Crippen molar-refractivity contribution in [3.05, 3.63) is 0 Å². The van der Waals surface area contributed by atoms with Gasteiger partial charge in [-0.1, -0.05) is 0 Å². The van der Waals surface area contributed by atoms with Crippen molar-refractivity contribution in [1.29, 1.82) is 0 Å². The van der Waals surface area contributed by atoms with Gasteiger partial charge in [-0.05, 0) is 51.5 Å². The van der Waals surface area contributed by atoms with Crippen LogP contribution in [0.5, 0.6) is 0 Å². The zero-order valence-electron chi connectivity index (χ0n) is 12.0. The lowest BCUT2D eigenvalue weighted by atomic mass is 9.72. The van der Waals surface area contributed by atoms with E-state index in [4.69, 9.17) is 0 Å². The van der Waals surface area contributed by atoms with Crippen molar-refractivity contribution >= 4 is 11.9 Å². The van der Waals surface area contributed by atoms with Gasteiger partial charge in [0.15, 0.2) is 0 Å². The van der Waals surface area contributed by atoms with E-state index in [0.29, 0.717) is 6.42 Å². The summed E-state index contributed by atoms with van der Waals surface area (Å²) >= 11 is 0. The highest BCUT2D eigenvalue weighted by molar-refractivity contribution is 5.79. The Bertz CT molecular complexity index is 419. The summed E-state index contributed by atoms with van der Waals surface area (Å²) in [6.07, 6.45) is 8.11. The van der Waals surface area contributed by atoms with Crippen LogP contribution in [0.1, 0.15) is 57.8 Å². The van der Waals surface area contributed by atoms with Gasteiger partial charge in [0.1, 0.15) is 0 Å². The summed E-state index contributed by atoms with van der Waals surface area (Å²) in [5, 5.41) is 12.3. The third-order valence-electron chi connectivity index (χ3n) is 5.61. The van der Waals surface area contributed by atoms with Crippen LogP contribution in [0, 0.1) is 0 Å². The molecule has 2 heterocycles. The molecule has 3 fully saturated rings. The molecule has 2 saturated heterocycles. The topological polar surface area (TPSA) is 69.6 Å². The number of nitrogens with one attached hydrogen (secondary N) is 1. The molecule has 1 unspecified atom stereocenters. The molecule has 1 spiro atoms. The van der Waals surface area contributed by atoms with Crippen molar-refractivity contribution in [2.75, 3.05) is 13.1 Å². The summed E-state index contributed by atoms with van der Waals surface area (Å²) in [5.74, 6) is -0.500. The first-order valence-electron chi connectivity index (χ1n) is 7.82. The van der Waals surface area contributed by atoms with Crippen LogP contribution in [0.3, 0.4) is 0 Å². The molecule has 2 aliphatic heterocycles. The van der Waals surface area contributed by atoms with Crippen LogP contribution in [0.25, 0.3) is 0 Å². The van der Waals surface area contributed by atoms with Gasteiger partial charge in [-0.25, -0.2) is 0 Å². The summed E-state index contributed by atoms with van der Waals surface area (Å²) in [7, 11) is 0. The lowest BCUT2D eigenvalue weighted by Crippen LogP contribution is -2.55. The normalized spacial score (nSPS) is 33.5. The summed E-state index contributed by atoms with van der Waals surface area (Å²) in [6.45, 7) is 1.90. The second-order valence-electron chi connectivity index (χ2n) is 6.82. The monoisotopic (exact) mass is 280 g/mol. The summed E-state index contributed by atoms with van der Waals surface area (Å²) in [6, 6.07) is 0. The van der Waals surface area contributed by atoms with Crippen molar-refractivity contribution in [2.45, 2.75) is 68.9 Å². The second kappa shape index (κ2) is 5.02. The Hall–Kier alpha value is -1.10.